The third kappa shape index (κ3) is 3.36. The molecule has 132 valence electrons. The molecule has 1 aliphatic heterocycles. The summed E-state index contributed by atoms with van der Waals surface area (Å²) in [6, 6.07) is 14.7. The Morgan fingerprint density at radius 2 is 1.81 bits per heavy atom. The first-order valence-corrected chi connectivity index (χ1v) is 8.59. The van der Waals surface area contributed by atoms with Crippen LogP contribution in [0.1, 0.15) is 18.1 Å². The van der Waals surface area contributed by atoms with Gasteiger partial charge in [-0.05, 0) is 48.5 Å². The van der Waals surface area contributed by atoms with Gasteiger partial charge in [-0.1, -0.05) is 37.3 Å². The Labute approximate surface area is 157 Å². The van der Waals surface area contributed by atoms with Crippen molar-refractivity contribution in [2.45, 2.75) is 13.3 Å². The van der Waals surface area contributed by atoms with E-state index in [9.17, 15) is 9.59 Å². The lowest BCUT2D eigenvalue weighted by Gasteiger charge is -2.29. The van der Waals surface area contributed by atoms with Crippen molar-refractivity contribution in [1.82, 2.24) is 5.32 Å². The fourth-order valence-electron chi connectivity index (χ4n) is 2.71. The number of nitrogens with zero attached hydrogens (tertiary/aromatic N) is 1. The number of hydrogen-bond acceptors (Lipinski definition) is 4. The topological polar surface area (TPSA) is 58.6 Å². The minimum atomic E-state index is -0.521. The summed E-state index contributed by atoms with van der Waals surface area (Å²) >= 11 is 5.21. The molecule has 0 radical (unpaired) electrons. The van der Waals surface area contributed by atoms with E-state index in [-0.39, 0.29) is 10.7 Å². The highest BCUT2D eigenvalue weighted by atomic mass is 32.1. The number of rotatable bonds is 4. The molecule has 0 saturated carbocycles. The van der Waals surface area contributed by atoms with Gasteiger partial charge in [-0.3, -0.25) is 19.8 Å². The van der Waals surface area contributed by atoms with Crippen LogP contribution in [-0.2, 0) is 16.0 Å². The molecule has 2 aromatic carbocycles. The smallest absolute Gasteiger partial charge is 0.270 e. The number of thiocarbonyl (C=S) groups is 1. The van der Waals surface area contributed by atoms with Crippen LogP contribution >= 0.6 is 12.2 Å². The molecule has 0 bridgehead atoms. The Morgan fingerprint density at radius 3 is 2.46 bits per heavy atom. The van der Waals surface area contributed by atoms with E-state index in [4.69, 9.17) is 17.0 Å². The molecule has 1 saturated heterocycles. The second kappa shape index (κ2) is 7.49. The van der Waals surface area contributed by atoms with Gasteiger partial charge in [-0.15, -0.1) is 0 Å². The van der Waals surface area contributed by atoms with Crippen molar-refractivity contribution in [1.29, 1.82) is 0 Å². The molecule has 6 heteroatoms. The molecule has 1 fully saturated rings. The molecule has 0 aromatic heterocycles. The number of methoxy groups -OCH3 is 1. The van der Waals surface area contributed by atoms with Crippen LogP contribution in [-0.4, -0.2) is 24.0 Å². The Kier molecular flexibility index (Phi) is 5.14. The molecule has 2 amide bonds. The van der Waals surface area contributed by atoms with Crippen molar-refractivity contribution in [3.63, 3.8) is 0 Å². The molecule has 0 atom stereocenters. The van der Waals surface area contributed by atoms with Crippen molar-refractivity contribution in [2.75, 3.05) is 12.0 Å². The number of benzene rings is 2. The maximum atomic E-state index is 13.0. The third-order valence-corrected chi connectivity index (χ3v) is 4.43. The van der Waals surface area contributed by atoms with Crippen molar-refractivity contribution in [3.8, 4) is 5.75 Å². The normalized spacial score (nSPS) is 16.0. The Balaban J connectivity index is 2.01. The van der Waals surface area contributed by atoms with E-state index >= 15 is 0 Å². The molecule has 0 spiro atoms. The van der Waals surface area contributed by atoms with Crippen LogP contribution in [0.4, 0.5) is 5.69 Å². The van der Waals surface area contributed by atoms with E-state index in [1.165, 1.54) is 18.1 Å². The summed E-state index contributed by atoms with van der Waals surface area (Å²) in [4.78, 5) is 26.6. The summed E-state index contributed by atoms with van der Waals surface area (Å²) in [6.45, 7) is 2.06. The summed E-state index contributed by atoms with van der Waals surface area (Å²) in [5.74, 6) is -0.408. The van der Waals surface area contributed by atoms with Crippen LogP contribution in [0.3, 0.4) is 0 Å². The molecule has 1 N–H and O–H groups in total. The van der Waals surface area contributed by atoms with Gasteiger partial charge >= 0.3 is 0 Å². The quantitative estimate of drug-likeness (QED) is 0.513. The van der Waals surface area contributed by atoms with Crippen LogP contribution in [0.5, 0.6) is 5.75 Å². The SMILES string of the molecule is CCc1ccc(N2C(=O)/C(=C/c3ccccc3OC)C(=O)NC2=S)cc1. The van der Waals surface area contributed by atoms with Gasteiger partial charge in [-0.25, -0.2) is 0 Å². The van der Waals surface area contributed by atoms with Gasteiger partial charge in [0.2, 0.25) is 0 Å². The molecule has 1 aliphatic rings. The van der Waals surface area contributed by atoms with Gasteiger partial charge in [-0.2, -0.15) is 0 Å². The summed E-state index contributed by atoms with van der Waals surface area (Å²) in [7, 11) is 1.54. The molecule has 1 heterocycles. The number of anilines is 1. The average molecular weight is 366 g/mol. The van der Waals surface area contributed by atoms with Gasteiger partial charge in [0, 0.05) is 5.56 Å². The first kappa shape index (κ1) is 17.8. The van der Waals surface area contributed by atoms with Gasteiger partial charge in [0.1, 0.15) is 11.3 Å². The van der Waals surface area contributed by atoms with Crippen molar-refractivity contribution in [2.24, 2.45) is 0 Å². The Bertz CT molecular complexity index is 904. The molecule has 0 unspecified atom stereocenters. The number of para-hydroxylation sites is 1. The summed E-state index contributed by atoms with van der Waals surface area (Å²) in [6.07, 6.45) is 2.42. The van der Waals surface area contributed by atoms with Crippen molar-refractivity contribution < 1.29 is 14.3 Å². The summed E-state index contributed by atoms with van der Waals surface area (Å²) in [5, 5.41) is 2.65. The molecule has 26 heavy (non-hydrogen) atoms. The fourth-order valence-corrected chi connectivity index (χ4v) is 2.99. The van der Waals surface area contributed by atoms with Crippen LogP contribution in [0.2, 0.25) is 0 Å². The van der Waals surface area contributed by atoms with E-state index in [2.05, 4.69) is 12.2 Å². The highest BCUT2D eigenvalue weighted by molar-refractivity contribution is 7.80. The zero-order valence-electron chi connectivity index (χ0n) is 14.5. The number of ether oxygens (including phenoxy) is 1. The lowest BCUT2D eigenvalue weighted by molar-refractivity contribution is -0.122. The van der Waals surface area contributed by atoms with E-state index < -0.39 is 11.8 Å². The summed E-state index contributed by atoms with van der Waals surface area (Å²) < 4.78 is 5.29. The van der Waals surface area contributed by atoms with Crippen LogP contribution < -0.4 is 15.0 Å². The zero-order valence-corrected chi connectivity index (χ0v) is 15.3. The number of nitrogens with one attached hydrogen (secondary N) is 1. The maximum Gasteiger partial charge on any atom is 0.270 e. The van der Waals surface area contributed by atoms with Gasteiger partial charge in [0.15, 0.2) is 5.11 Å². The summed E-state index contributed by atoms with van der Waals surface area (Å²) in [5.41, 5.74) is 2.41. The standard InChI is InChI=1S/C20H18N2O3S/c1-3-13-8-10-15(11-9-13)22-19(24)16(18(23)21-20(22)26)12-14-6-4-5-7-17(14)25-2/h4-12H,3H2,1-2H3,(H,21,23,26)/b16-12+. The molecular weight excluding hydrogens is 348 g/mol. The Hall–Kier alpha value is -2.99. The predicted molar refractivity (Wildman–Crippen MR) is 105 cm³/mol. The van der Waals surface area contributed by atoms with Crippen LogP contribution in [0, 0.1) is 0 Å². The number of hydrogen-bond donors (Lipinski definition) is 1. The molecule has 0 aliphatic carbocycles. The number of carbonyl (C=O) groups excluding carboxylic acids is 2. The predicted octanol–water partition coefficient (Wildman–Crippen LogP) is 3.09. The molecule has 5 nitrogen and oxygen atoms in total. The number of aryl methyl sites for hydroxylation is 1. The molecule has 3 rings (SSSR count). The second-order valence-electron chi connectivity index (χ2n) is 5.72. The Morgan fingerprint density at radius 1 is 1.12 bits per heavy atom. The lowest BCUT2D eigenvalue weighted by atomic mass is 10.1. The first-order chi connectivity index (χ1) is 12.5. The third-order valence-electron chi connectivity index (χ3n) is 4.14. The minimum Gasteiger partial charge on any atom is -0.496 e. The number of amides is 2. The van der Waals surface area contributed by atoms with Crippen LogP contribution in [0.15, 0.2) is 54.1 Å². The first-order valence-electron chi connectivity index (χ1n) is 8.18. The second-order valence-corrected chi connectivity index (χ2v) is 6.11. The number of carbonyl (C=O) groups is 2. The highest BCUT2D eigenvalue weighted by Crippen LogP contribution is 2.25. The maximum absolute atomic E-state index is 13.0. The van der Waals surface area contributed by atoms with Gasteiger partial charge < -0.3 is 4.74 Å². The highest BCUT2D eigenvalue weighted by Gasteiger charge is 2.34. The van der Waals surface area contributed by atoms with E-state index in [0.29, 0.717) is 17.0 Å². The zero-order chi connectivity index (χ0) is 18.7. The monoisotopic (exact) mass is 366 g/mol. The average Bonchev–Trinajstić information content (AvgIpc) is 2.66. The van der Waals surface area contributed by atoms with Crippen molar-refractivity contribution >= 4 is 40.9 Å². The van der Waals surface area contributed by atoms with E-state index in [1.807, 2.05) is 36.4 Å². The van der Waals surface area contributed by atoms with Gasteiger partial charge in [0.05, 0.1) is 12.8 Å². The van der Waals surface area contributed by atoms with E-state index in [0.717, 1.165) is 12.0 Å². The van der Waals surface area contributed by atoms with Gasteiger partial charge in [0.25, 0.3) is 11.8 Å². The van der Waals surface area contributed by atoms with E-state index in [1.54, 1.807) is 12.1 Å². The van der Waals surface area contributed by atoms with Crippen LogP contribution in [0.25, 0.3) is 6.08 Å². The minimum absolute atomic E-state index is 0.00247. The largest absolute Gasteiger partial charge is 0.496 e. The lowest BCUT2D eigenvalue weighted by Crippen LogP contribution is -2.54. The molecule has 2 aromatic rings. The molecular formula is C20H18N2O3S. The fraction of sp³-hybridized carbons (Fsp3) is 0.150. The van der Waals surface area contributed by atoms with Crippen molar-refractivity contribution in [3.05, 3.63) is 65.2 Å².